The zero-order valence-corrected chi connectivity index (χ0v) is 11.4. The van der Waals surface area contributed by atoms with E-state index in [0.717, 1.165) is 13.1 Å². The summed E-state index contributed by atoms with van der Waals surface area (Å²) < 4.78 is 0. The van der Waals surface area contributed by atoms with Gasteiger partial charge >= 0.3 is 0 Å². The molecular formula is C15H21N3. The monoisotopic (exact) mass is 243 g/mol. The third-order valence-electron chi connectivity index (χ3n) is 3.83. The third kappa shape index (κ3) is 2.49. The highest BCUT2D eigenvalue weighted by Gasteiger charge is 2.26. The number of rotatable bonds is 2. The largest absolute Gasteiger partial charge is 0.364 e. The van der Waals surface area contributed by atoms with Crippen molar-refractivity contribution in [1.29, 1.82) is 5.26 Å². The van der Waals surface area contributed by atoms with Gasteiger partial charge in [0.15, 0.2) is 0 Å². The van der Waals surface area contributed by atoms with Gasteiger partial charge in [0.1, 0.15) is 0 Å². The summed E-state index contributed by atoms with van der Waals surface area (Å²) in [7, 11) is 0. The molecule has 3 nitrogen and oxygen atoms in total. The van der Waals surface area contributed by atoms with Crippen LogP contribution in [0.15, 0.2) is 18.2 Å². The van der Waals surface area contributed by atoms with Gasteiger partial charge in [-0.3, -0.25) is 0 Å². The molecular weight excluding hydrogens is 222 g/mol. The number of nitrogens with one attached hydrogen (secondary N) is 1. The van der Waals surface area contributed by atoms with E-state index in [-0.39, 0.29) is 6.04 Å². The first-order valence-corrected chi connectivity index (χ1v) is 6.56. The molecule has 0 aromatic heterocycles. The Kier molecular flexibility index (Phi) is 3.88. The summed E-state index contributed by atoms with van der Waals surface area (Å²) in [6, 6.07) is 9.48. The first kappa shape index (κ1) is 12.9. The van der Waals surface area contributed by atoms with Gasteiger partial charge in [0.05, 0.1) is 18.5 Å². The highest BCUT2D eigenvalue weighted by molar-refractivity contribution is 5.57. The highest BCUT2D eigenvalue weighted by Crippen LogP contribution is 2.27. The van der Waals surface area contributed by atoms with Gasteiger partial charge in [-0.15, -0.1) is 0 Å². The van der Waals surface area contributed by atoms with Gasteiger partial charge in [-0.2, -0.15) is 5.26 Å². The zero-order chi connectivity index (χ0) is 13.1. The molecule has 0 bridgehead atoms. The fourth-order valence-electron chi connectivity index (χ4n) is 2.59. The van der Waals surface area contributed by atoms with E-state index in [1.807, 2.05) is 0 Å². The summed E-state index contributed by atoms with van der Waals surface area (Å²) in [6.45, 7) is 8.37. The number of hydrogen-bond donors (Lipinski definition) is 1. The van der Waals surface area contributed by atoms with Crippen molar-refractivity contribution in [1.82, 2.24) is 5.32 Å². The van der Waals surface area contributed by atoms with E-state index in [1.165, 1.54) is 16.8 Å². The molecule has 18 heavy (non-hydrogen) atoms. The van der Waals surface area contributed by atoms with Crippen molar-refractivity contribution in [2.24, 2.45) is 0 Å². The molecule has 1 aromatic rings. The van der Waals surface area contributed by atoms with Gasteiger partial charge in [0.25, 0.3) is 0 Å². The number of piperazine rings is 1. The highest BCUT2D eigenvalue weighted by atomic mass is 15.2. The molecule has 1 fully saturated rings. The Morgan fingerprint density at radius 1 is 1.44 bits per heavy atom. The smallest absolute Gasteiger partial charge is 0.0643 e. The Bertz CT molecular complexity index is 461. The number of hydrogen-bond acceptors (Lipinski definition) is 3. The van der Waals surface area contributed by atoms with Crippen LogP contribution >= 0.6 is 0 Å². The second kappa shape index (κ2) is 5.41. The van der Waals surface area contributed by atoms with Crippen LogP contribution in [0.4, 0.5) is 5.69 Å². The van der Waals surface area contributed by atoms with Gasteiger partial charge in [0, 0.05) is 24.8 Å². The maximum absolute atomic E-state index is 8.97. The van der Waals surface area contributed by atoms with E-state index in [9.17, 15) is 0 Å². The Labute approximate surface area is 109 Å². The lowest BCUT2D eigenvalue weighted by Gasteiger charge is -2.41. The summed E-state index contributed by atoms with van der Waals surface area (Å²) in [5, 5.41) is 12.4. The molecule has 1 aliphatic rings. The van der Waals surface area contributed by atoms with Gasteiger partial charge in [-0.1, -0.05) is 12.1 Å². The molecule has 1 aromatic carbocycles. The molecule has 2 unspecified atom stereocenters. The van der Waals surface area contributed by atoms with Crippen molar-refractivity contribution in [2.45, 2.75) is 39.3 Å². The fraction of sp³-hybridized carbons (Fsp3) is 0.533. The predicted octanol–water partition coefficient (Wildman–Crippen LogP) is 2.38. The molecule has 0 saturated carbocycles. The van der Waals surface area contributed by atoms with Crippen molar-refractivity contribution in [2.75, 3.05) is 18.0 Å². The molecule has 2 atom stereocenters. The first-order chi connectivity index (χ1) is 8.63. The van der Waals surface area contributed by atoms with Crippen LogP contribution in [0.25, 0.3) is 0 Å². The Hall–Kier alpha value is -1.53. The Morgan fingerprint density at radius 2 is 2.22 bits per heavy atom. The summed E-state index contributed by atoms with van der Waals surface area (Å²) in [4.78, 5) is 2.40. The second-order valence-corrected chi connectivity index (χ2v) is 5.20. The van der Waals surface area contributed by atoms with Crippen LogP contribution in [-0.2, 0) is 0 Å². The van der Waals surface area contributed by atoms with Crippen LogP contribution in [0.1, 0.15) is 24.5 Å². The molecule has 0 radical (unpaired) electrons. The summed E-state index contributed by atoms with van der Waals surface area (Å²) >= 11 is 0. The molecule has 0 amide bonds. The lowest BCUT2D eigenvalue weighted by Crippen LogP contribution is -2.55. The molecule has 0 spiro atoms. The predicted molar refractivity (Wildman–Crippen MR) is 74.7 cm³/mol. The standard InChI is InChI=1S/C15H21N3/c1-11-5-4-6-15(13(11)3)18-10-12(2)17-9-14(18)7-8-16/h4-6,12,14,17H,7,9-10H2,1-3H3. The molecule has 1 aliphatic heterocycles. The van der Waals surface area contributed by atoms with Crippen molar-refractivity contribution >= 4 is 5.69 Å². The Morgan fingerprint density at radius 3 is 2.94 bits per heavy atom. The van der Waals surface area contributed by atoms with Crippen LogP contribution in [0.2, 0.25) is 0 Å². The van der Waals surface area contributed by atoms with Gasteiger partial charge in [0.2, 0.25) is 0 Å². The summed E-state index contributed by atoms with van der Waals surface area (Å²) in [5.74, 6) is 0. The van der Waals surface area contributed by atoms with Crippen LogP contribution in [-0.4, -0.2) is 25.2 Å². The third-order valence-corrected chi connectivity index (χ3v) is 3.83. The summed E-state index contributed by atoms with van der Waals surface area (Å²) in [5.41, 5.74) is 3.92. The van der Waals surface area contributed by atoms with Gasteiger partial charge < -0.3 is 10.2 Å². The molecule has 0 aliphatic carbocycles. The normalized spacial score (nSPS) is 23.8. The molecule has 2 rings (SSSR count). The first-order valence-electron chi connectivity index (χ1n) is 6.56. The number of nitrogens with zero attached hydrogens (tertiary/aromatic N) is 2. The molecule has 1 saturated heterocycles. The maximum atomic E-state index is 8.97. The average molecular weight is 243 g/mol. The van der Waals surface area contributed by atoms with Crippen LogP contribution in [0, 0.1) is 25.2 Å². The van der Waals surface area contributed by atoms with Gasteiger partial charge in [-0.05, 0) is 38.0 Å². The lowest BCUT2D eigenvalue weighted by molar-refractivity contribution is 0.411. The molecule has 96 valence electrons. The number of benzene rings is 1. The topological polar surface area (TPSA) is 39.1 Å². The molecule has 3 heteroatoms. The fourth-order valence-corrected chi connectivity index (χ4v) is 2.59. The van der Waals surface area contributed by atoms with Crippen molar-refractivity contribution in [3.8, 4) is 6.07 Å². The van der Waals surface area contributed by atoms with Gasteiger partial charge in [-0.25, -0.2) is 0 Å². The average Bonchev–Trinajstić information content (AvgIpc) is 2.35. The minimum Gasteiger partial charge on any atom is -0.364 e. The van der Waals surface area contributed by atoms with E-state index in [2.05, 4.69) is 55.3 Å². The minimum atomic E-state index is 0.284. The van der Waals surface area contributed by atoms with Crippen molar-refractivity contribution in [3.05, 3.63) is 29.3 Å². The number of aryl methyl sites for hydroxylation is 1. The maximum Gasteiger partial charge on any atom is 0.0643 e. The SMILES string of the molecule is Cc1cccc(N2CC(C)NCC2CC#N)c1C. The number of anilines is 1. The van der Waals surface area contributed by atoms with Crippen LogP contribution in [0.5, 0.6) is 0 Å². The second-order valence-electron chi connectivity index (χ2n) is 5.20. The quantitative estimate of drug-likeness (QED) is 0.867. The van der Waals surface area contributed by atoms with E-state index in [0.29, 0.717) is 12.5 Å². The summed E-state index contributed by atoms with van der Waals surface area (Å²) in [6.07, 6.45) is 0.576. The number of nitriles is 1. The Balaban J connectivity index is 2.32. The minimum absolute atomic E-state index is 0.284. The van der Waals surface area contributed by atoms with E-state index in [1.54, 1.807) is 0 Å². The molecule has 1 N–H and O–H groups in total. The lowest BCUT2D eigenvalue weighted by atomic mass is 10.0. The van der Waals surface area contributed by atoms with E-state index < -0.39 is 0 Å². The molecule has 1 heterocycles. The van der Waals surface area contributed by atoms with E-state index >= 15 is 0 Å². The van der Waals surface area contributed by atoms with Crippen molar-refractivity contribution < 1.29 is 0 Å². The van der Waals surface area contributed by atoms with Crippen LogP contribution < -0.4 is 10.2 Å². The van der Waals surface area contributed by atoms with Crippen LogP contribution in [0.3, 0.4) is 0 Å². The van der Waals surface area contributed by atoms with E-state index in [4.69, 9.17) is 5.26 Å². The zero-order valence-electron chi connectivity index (χ0n) is 11.4. The van der Waals surface area contributed by atoms with Crippen molar-refractivity contribution in [3.63, 3.8) is 0 Å².